The zero-order valence-electron chi connectivity index (χ0n) is 10.9. The first-order valence-corrected chi connectivity index (χ1v) is 6.62. The number of anilines is 1. The number of fused-ring (bicyclic) bond motifs is 5. The van der Waals surface area contributed by atoms with Crippen LogP contribution in [0.3, 0.4) is 0 Å². The lowest BCUT2D eigenvalue weighted by Crippen LogP contribution is -2.29. The number of aromatic nitrogens is 3. The lowest BCUT2D eigenvalue weighted by Gasteiger charge is -2.25. The average Bonchev–Trinajstić information content (AvgIpc) is 2.88. The molecular weight excluding hydrogens is 254 g/mol. The third-order valence-electron chi connectivity index (χ3n) is 3.81. The highest BCUT2D eigenvalue weighted by Crippen LogP contribution is 2.32. The Hall–Kier alpha value is -2.18. The normalized spacial score (nSPS) is 18.6. The van der Waals surface area contributed by atoms with Gasteiger partial charge in [0.25, 0.3) is 0 Å². The first-order valence-electron chi connectivity index (χ1n) is 6.62. The first kappa shape index (κ1) is 11.6. The number of benzene rings is 1. The van der Waals surface area contributed by atoms with Gasteiger partial charge in [0.1, 0.15) is 17.9 Å². The molecule has 4 rings (SSSR count). The van der Waals surface area contributed by atoms with Crippen molar-refractivity contribution in [2.75, 3.05) is 18.9 Å². The van der Waals surface area contributed by atoms with Crippen LogP contribution >= 0.6 is 0 Å². The van der Waals surface area contributed by atoms with Gasteiger partial charge in [0.15, 0.2) is 5.82 Å². The van der Waals surface area contributed by atoms with Crippen LogP contribution in [-0.4, -0.2) is 27.7 Å². The van der Waals surface area contributed by atoms with Crippen LogP contribution in [0, 0.1) is 0 Å². The summed E-state index contributed by atoms with van der Waals surface area (Å²) in [5, 5.41) is 1.05. The summed E-state index contributed by atoms with van der Waals surface area (Å²) in [6.07, 6.45) is 0. The van der Waals surface area contributed by atoms with E-state index >= 15 is 0 Å². The number of hydrogen-bond donors (Lipinski definition) is 2. The van der Waals surface area contributed by atoms with Crippen molar-refractivity contribution in [3.8, 4) is 0 Å². The third-order valence-corrected chi connectivity index (χ3v) is 3.81. The van der Waals surface area contributed by atoms with Crippen LogP contribution in [0.1, 0.15) is 11.9 Å². The van der Waals surface area contributed by atoms with Gasteiger partial charge in [0.2, 0.25) is 0 Å². The predicted octanol–water partition coefficient (Wildman–Crippen LogP) is 1.20. The topological polar surface area (TPSA) is 92.0 Å². The number of nitrogens with two attached hydrogens (primary N) is 2. The summed E-state index contributed by atoms with van der Waals surface area (Å²) in [4.78, 5) is 9.02. The van der Waals surface area contributed by atoms with Gasteiger partial charge in [-0.3, -0.25) is 0 Å². The van der Waals surface area contributed by atoms with Gasteiger partial charge in [-0.15, -0.1) is 0 Å². The van der Waals surface area contributed by atoms with Crippen molar-refractivity contribution in [3.05, 3.63) is 30.1 Å². The molecule has 0 bridgehead atoms. The number of rotatable bonds is 1. The maximum absolute atomic E-state index is 6.06. The quantitative estimate of drug-likeness (QED) is 0.692. The number of hydrogen-bond acceptors (Lipinski definition) is 5. The number of pyridine rings is 1. The Morgan fingerprint density at radius 3 is 3.00 bits per heavy atom. The largest absolute Gasteiger partial charge is 0.382 e. The number of imidazole rings is 1. The van der Waals surface area contributed by atoms with Gasteiger partial charge in [-0.05, 0) is 6.07 Å². The molecule has 1 aliphatic heterocycles. The van der Waals surface area contributed by atoms with E-state index in [4.69, 9.17) is 16.2 Å². The third kappa shape index (κ3) is 1.46. The molecule has 1 aliphatic rings. The molecule has 6 nitrogen and oxygen atoms in total. The Morgan fingerprint density at radius 1 is 1.30 bits per heavy atom. The SMILES string of the molecule is NC[C@H]1COCc2nc3c(N)nc4ccccc4c3n21. The highest BCUT2D eigenvalue weighted by molar-refractivity contribution is 6.06. The van der Waals surface area contributed by atoms with E-state index < -0.39 is 0 Å². The smallest absolute Gasteiger partial charge is 0.152 e. The fourth-order valence-electron chi connectivity index (χ4n) is 2.90. The summed E-state index contributed by atoms with van der Waals surface area (Å²) in [7, 11) is 0. The lowest BCUT2D eigenvalue weighted by molar-refractivity contribution is 0.0592. The van der Waals surface area contributed by atoms with Gasteiger partial charge >= 0.3 is 0 Å². The molecule has 102 valence electrons. The van der Waals surface area contributed by atoms with Crippen molar-refractivity contribution < 1.29 is 4.74 Å². The average molecular weight is 269 g/mol. The summed E-state index contributed by atoms with van der Waals surface area (Å²) < 4.78 is 7.72. The minimum absolute atomic E-state index is 0.0916. The van der Waals surface area contributed by atoms with E-state index in [-0.39, 0.29) is 6.04 Å². The molecule has 0 saturated carbocycles. The molecule has 0 amide bonds. The van der Waals surface area contributed by atoms with Crippen molar-refractivity contribution in [2.45, 2.75) is 12.6 Å². The van der Waals surface area contributed by atoms with Gasteiger partial charge in [-0.1, -0.05) is 18.2 Å². The van der Waals surface area contributed by atoms with Crippen molar-refractivity contribution in [1.82, 2.24) is 14.5 Å². The van der Waals surface area contributed by atoms with Crippen LogP contribution < -0.4 is 11.5 Å². The van der Waals surface area contributed by atoms with E-state index in [2.05, 4.69) is 14.5 Å². The molecule has 4 N–H and O–H groups in total. The fourth-order valence-corrected chi connectivity index (χ4v) is 2.90. The van der Waals surface area contributed by atoms with Crippen LogP contribution in [0.4, 0.5) is 5.82 Å². The molecule has 6 heteroatoms. The van der Waals surface area contributed by atoms with Gasteiger partial charge in [-0.25, -0.2) is 9.97 Å². The van der Waals surface area contributed by atoms with Crippen LogP contribution in [-0.2, 0) is 11.3 Å². The molecule has 0 fully saturated rings. The zero-order chi connectivity index (χ0) is 13.7. The second-order valence-electron chi connectivity index (χ2n) is 5.01. The molecule has 0 saturated heterocycles. The summed E-state index contributed by atoms with van der Waals surface area (Å²) in [6.45, 7) is 1.60. The molecule has 2 aromatic heterocycles. The predicted molar refractivity (Wildman–Crippen MR) is 77.2 cm³/mol. The Labute approximate surface area is 115 Å². The highest BCUT2D eigenvalue weighted by Gasteiger charge is 2.25. The Morgan fingerprint density at radius 2 is 2.15 bits per heavy atom. The second kappa shape index (κ2) is 4.16. The van der Waals surface area contributed by atoms with Crippen LogP contribution in [0.5, 0.6) is 0 Å². The molecule has 1 aromatic carbocycles. The van der Waals surface area contributed by atoms with E-state index in [0.717, 1.165) is 27.8 Å². The maximum Gasteiger partial charge on any atom is 0.152 e. The number of para-hydroxylation sites is 1. The summed E-state index contributed by atoms with van der Waals surface area (Å²) in [5.41, 5.74) is 14.6. The second-order valence-corrected chi connectivity index (χ2v) is 5.01. The molecule has 20 heavy (non-hydrogen) atoms. The number of ether oxygens (including phenoxy) is 1. The summed E-state index contributed by atoms with van der Waals surface area (Å²) in [6, 6.07) is 8.05. The zero-order valence-corrected chi connectivity index (χ0v) is 10.9. The van der Waals surface area contributed by atoms with Gasteiger partial charge in [-0.2, -0.15) is 0 Å². The number of nitrogens with zero attached hydrogens (tertiary/aromatic N) is 3. The molecule has 3 heterocycles. The summed E-state index contributed by atoms with van der Waals surface area (Å²) >= 11 is 0. The van der Waals surface area contributed by atoms with Gasteiger partial charge < -0.3 is 20.8 Å². The van der Waals surface area contributed by atoms with Gasteiger partial charge in [0.05, 0.1) is 23.7 Å². The highest BCUT2D eigenvalue weighted by atomic mass is 16.5. The molecule has 3 aromatic rings. The van der Waals surface area contributed by atoms with Gasteiger partial charge in [0, 0.05) is 11.9 Å². The standard InChI is InChI=1S/C14H15N5O/c15-5-8-6-20-7-11-18-12-13(19(8)11)9-3-1-2-4-10(9)17-14(12)16/h1-4,8H,5-7,15H2,(H2,16,17)/t8-/m0/s1. The molecular formula is C14H15N5O. The first-order chi connectivity index (χ1) is 9.79. The Bertz CT molecular complexity index is 810. The minimum atomic E-state index is 0.0916. The van der Waals surface area contributed by atoms with E-state index in [1.165, 1.54) is 0 Å². The Balaban J connectivity index is 2.19. The van der Waals surface area contributed by atoms with Crippen molar-refractivity contribution in [2.24, 2.45) is 5.73 Å². The van der Waals surface area contributed by atoms with Crippen LogP contribution in [0.2, 0.25) is 0 Å². The minimum Gasteiger partial charge on any atom is -0.382 e. The van der Waals surface area contributed by atoms with Crippen LogP contribution in [0.25, 0.3) is 21.9 Å². The molecule has 1 atom stereocenters. The van der Waals surface area contributed by atoms with E-state index in [1.54, 1.807) is 0 Å². The fraction of sp³-hybridized carbons (Fsp3) is 0.286. The Kier molecular flexibility index (Phi) is 2.42. The maximum atomic E-state index is 6.06. The van der Waals surface area contributed by atoms with E-state index in [1.807, 2.05) is 24.3 Å². The van der Waals surface area contributed by atoms with Crippen LogP contribution in [0.15, 0.2) is 24.3 Å². The molecule has 0 radical (unpaired) electrons. The number of nitrogen functional groups attached to an aromatic ring is 1. The van der Waals surface area contributed by atoms with Crippen molar-refractivity contribution >= 4 is 27.8 Å². The molecule has 0 unspecified atom stereocenters. The molecule has 0 aliphatic carbocycles. The van der Waals surface area contributed by atoms with Crippen molar-refractivity contribution in [1.29, 1.82) is 0 Å². The van der Waals surface area contributed by atoms with E-state index in [0.29, 0.717) is 25.6 Å². The summed E-state index contributed by atoms with van der Waals surface area (Å²) in [5.74, 6) is 1.32. The monoisotopic (exact) mass is 269 g/mol. The van der Waals surface area contributed by atoms with Crippen molar-refractivity contribution in [3.63, 3.8) is 0 Å². The van der Waals surface area contributed by atoms with E-state index in [9.17, 15) is 0 Å². The molecule has 0 spiro atoms. The lowest BCUT2D eigenvalue weighted by atomic mass is 10.1.